The highest BCUT2D eigenvalue weighted by Crippen LogP contribution is 2.22. The van der Waals surface area contributed by atoms with E-state index < -0.39 is 11.6 Å². The van der Waals surface area contributed by atoms with Crippen molar-refractivity contribution < 1.29 is 8.78 Å². The zero-order valence-electron chi connectivity index (χ0n) is 12.2. The minimum atomic E-state index is -0.564. The number of hydrogen-bond acceptors (Lipinski definition) is 2. The Morgan fingerprint density at radius 2 is 1.80 bits per heavy atom. The quantitative estimate of drug-likeness (QED) is 0.932. The number of nitrogens with one attached hydrogen (secondary N) is 1. The van der Waals surface area contributed by atoms with Crippen LogP contribution in [0.2, 0.25) is 0 Å². The number of aromatic nitrogens is 2. The molecule has 0 bridgehead atoms. The van der Waals surface area contributed by atoms with E-state index in [-0.39, 0.29) is 6.04 Å². The SMILES string of the molecule is CNC(C)c1c(C)nn(Cc2cc(F)cc(F)c2)c1C. The van der Waals surface area contributed by atoms with Crippen molar-refractivity contribution in [3.63, 3.8) is 0 Å². The normalized spacial score (nSPS) is 12.7. The van der Waals surface area contributed by atoms with Gasteiger partial charge in [0.25, 0.3) is 0 Å². The Morgan fingerprint density at radius 1 is 1.20 bits per heavy atom. The molecule has 1 heterocycles. The molecule has 0 saturated heterocycles. The molecule has 0 aliphatic carbocycles. The summed E-state index contributed by atoms with van der Waals surface area (Å²) in [6.07, 6.45) is 0. The molecule has 1 aromatic heterocycles. The lowest BCUT2D eigenvalue weighted by atomic mass is 10.1. The van der Waals surface area contributed by atoms with E-state index in [1.807, 2.05) is 20.9 Å². The standard InChI is InChI=1S/C15H19F2N3/c1-9(18-4)15-10(2)19-20(11(15)3)8-12-5-13(16)7-14(17)6-12/h5-7,9,18H,8H2,1-4H3. The lowest BCUT2D eigenvalue weighted by Crippen LogP contribution is -2.14. The molecule has 0 saturated carbocycles. The van der Waals surface area contributed by atoms with Crippen LogP contribution in [0.3, 0.4) is 0 Å². The Morgan fingerprint density at radius 3 is 2.35 bits per heavy atom. The minimum absolute atomic E-state index is 0.188. The van der Waals surface area contributed by atoms with Crippen LogP contribution >= 0.6 is 0 Å². The van der Waals surface area contributed by atoms with E-state index in [9.17, 15) is 8.78 Å². The fraction of sp³-hybridized carbons (Fsp3) is 0.400. The van der Waals surface area contributed by atoms with E-state index >= 15 is 0 Å². The second-order valence-electron chi connectivity index (χ2n) is 5.03. The van der Waals surface area contributed by atoms with E-state index in [0.717, 1.165) is 23.0 Å². The van der Waals surface area contributed by atoms with Gasteiger partial charge < -0.3 is 5.32 Å². The van der Waals surface area contributed by atoms with E-state index in [4.69, 9.17) is 0 Å². The lowest BCUT2D eigenvalue weighted by Gasteiger charge is -2.11. The average molecular weight is 279 g/mol. The van der Waals surface area contributed by atoms with Gasteiger partial charge in [-0.25, -0.2) is 8.78 Å². The summed E-state index contributed by atoms with van der Waals surface area (Å²) in [4.78, 5) is 0. The smallest absolute Gasteiger partial charge is 0.126 e. The van der Waals surface area contributed by atoms with Gasteiger partial charge in [-0.1, -0.05) is 0 Å². The molecular weight excluding hydrogens is 260 g/mol. The Hall–Kier alpha value is -1.75. The van der Waals surface area contributed by atoms with E-state index in [1.165, 1.54) is 12.1 Å². The maximum Gasteiger partial charge on any atom is 0.126 e. The van der Waals surface area contributed by atoms with Gasteiger partial charge in [0.1, 0.15) is 11.6 Å². The van der Waals surface area contributed by atoms with Crippen molar-refractivity contribution in [3.8, 4) is 0 Å². The first kappa shape index (κ1) is 14.7. The topological polar surface area (TPSA) is 29.9 Å². The molecule has 3 nitrogen and oxygen atoms in total. The number of benzene rings is 1. The van der Waals surface area contributed by atoms with Crippen LogP contribution in [0.15, 0.2) is 18.2 Å². The van der Waals surface area contributed by atoms with Gasteiger partial charge >= 0.3 is 0 Å². The number of nitrogens with zero attached hydrogens (tertiary/aromatic N) is 2. The molecule has 1 aromatic carbocycles. The first-order chi connectivity index (χ1) is 9.42. The van der Waals surface area contributed by atoms with Crippen molar-refractivity contribution in [2.75, 3.05) is 7.05 Å². The third-order valence-electron chi connectivity index (χ3n) is 3.56. The van der Waals surface area contributed by atoms with Gasteiger partial charge in [0.05, 0.1) is 12.2 Å². The largest absolute Gasteiger partial charge is 0.313 e. The van der Waals surface area contributed by atoms with Crippen molar-refractivity contribution in [1.29, 1.82) is 0 Å². The molecule has 1 N–H and O–H groups in total. The molecule has 0 amide bonds. The molecule has 108 valence electrons. The molecule has 0 spiro atoms. The van der Waals surface area contributed by atoms with Crippen molar-refractivity contribution in [2.24, 2.45) is 0 Å². The van der Waals surface area contributed by atoms with Crippen LogP contribution in [0.4, 0.5) is 8.78 Å². The van der Waals surface area contributed by atoms with Crippen LogP contribution in [0.5, 0.6) is 0 Å². The number of hydrogen-bond donors (Lipinski definition) is 1. The fourth-order valence-corrected chi connectivity index (χ4v) is 2.51. The number of rotatable bonds is 4. The van der Waals surface area contributed by atoms with Crippen LogP contribution in [-0.4, -0.2) is 16.8 Å². The van der Waals surface area contributed by atoms with E-state index in [1.54, 1.807) is 4.68 Å². The molecule has 2 aromatic rings. The molecule has 0 radical (unpaired) electrons. The average Bonchev–Trinajstić information content (AvgIpc) is 2.62. The highest BCUT2D eigenvalue weighted by atomic mass is 19.1. The van der Waals surface area contributed by atoms with Gasteiger partial charge in [-0.05, 0) is 45.5 Å². The van der Waals surface area contributed by atoms with Gasteiger partial charge in [0, 0.05) is 23.4 Å². The molecule has 0 aliphatic heterocycles. The molecule has 20 heavy (non-hydrogen) atoms. The number of halogens is 2. The Bertz CT molecular complexity index is 600. The Kier molecular flexibility index (Phi) is 4.18. The van der Waals surface area contributed by atoms with Gasteiger partial charge in [-0.15, -0.1) is 0 Å². The minimum Gasteiger partial charge on any atom is -0.313 e. The Labute approximate surface area is 117 Å². The van der Waals surface area contributed by atoms with E-state index in [0.29, 0.717) is 12.1 Å². The van der Waals surface area contributed by atoms with Crippen LogP contribution in [0.25, 0.3) is 0 Å². The predicted octanol–water partition coefficient (Wildman–Crippen LogP) is 3.11. The molecule has 5 heteroatoms. The van der Waals surface area contributed by atoms with Gasteiger partial charge in [0.15, 0.2) is 0 Å². The molecule has 1 unspecified atom stereocenters. The molecule has 2 rings (SSSR count). The fourth-order valence-electron chi connectivity index (χ4n) is 2.51. The van der Waals surface area contributed by atoms with Crippen LogP contribution in [0.1, 0.15) is 35.5 Å². The predicted molar refractivity (Wildman–Crippen MR) is 74.6 cm³/mol. The van der Waals surface area contributed by atoms with Crippen molar-refractivity contribution in [3.05, 3.63) is 52.3 Å². The number of aryl methyl sites for hydroxylation is 1. The molecule has 0 aliphatic rings. The van der Waals surface area contributed by atoms with Crippen LogP contribution < -0.4 is 5.32 Å². The maximum atomic E-state index is 13.2. The van der Waals surface area contributed by atoms with Crippen molar-refractivity contribution in [2.45, 2.75) is 33.4 Å². The Balaban J connectivity index is 2.35. The molecule has 1 atom stereocenters. The van der Waals surface area contributed by atoms with E-state index in [2.05, 4.69) is 17.3 Å². The summed E-state index contributed by atoms with van der Waals surface area (Å²) in [5.74, 6) is -1.13. The molecule has 0 fully saturated rings. The van der Waals surface area contributed by atoms with Crippen LogP contribution in [0, 0.1) is 25.5 Å². The van der Waals surface area contributed by atoms with Crippen LogP contribution in [-0.2, 0) is 6.54 Å². The second-order valence-corrected chi connectivity index (χ2v) is 5.03. The monoisotopic (exact) mass is 279 g/mol. The second kappa shape index (κ2) is 5.71. The lowest BCUT2D eigenvalue weighted by molar-refractivity contribution is 0.572. The highest BCUT2D eigenvalue weighted by molar-refractivity contribution is 5.29. The molecular formula is C15H19F2N3. The summed E-state index contributed by atoms with van der Waals surface area (Å²) < 4.78 is 28.2. The summed E-state index contributed by atoms with van der Waals surface area (Å²) in [7, 11) is 1.89. The van der Waals surface area contributed by atoms with Crippen molar-refractivity contribution in [1.82, 2.24) is 15.1 Å². The highest BCUT2D eigenvalue weighted by Gasteiger charge is 2.16. The van der Waals surface area contributed by atoms with Crippen molar-refractivity contribution >= 4 is 0 Å². The third-order valence-corrected chi connectivity index (χ3v) is 3.56. The van der Waals surface area contributed by atoms with Gasteiger partial charge in [0.2, 0.25) is 0 Å². The third kappa shape index (κ3) is 2.88. The summed E-state index contributed by atoms with van der Waals surface area (Å²) in [6, 6.07) is 3.73. The van der Waals surface area contributed by atoms with Gasteiger partial charge in [-0.2, -0.15) is 5.10 Å². The first-order valence-corrected chi connectivity index (χ1v) is 6.58. The van der Waals surface area contributed by atoms with Gasteiger partial charge in [-0.3, -0.25) is 4.68 Å². The maximum absolute atomic E-state index is 13.2. The first-order valence-electron chi connectivity index (χ1n) is 6.58. The summed E-state index contributed by atoms with van der Waals surface area (Å²) in [6.45, 7) is 6.33. The summed E-state index contributed by atoms with van der Waals surface area (Å²) >= 11 is 0. The summed E-state index contributed by atoms with van der Waals surface area (Å²) in [5.41, 5.74) is 3.64. The zero-order chi connectivity index (χ0) is 14.9. The summed E-state index contributed by atoms with van der Waals surface area (Å²) in [5, 5.41) is 7.65. The zero-order valence-corrected chi connectivity index (χ0v) is 12.2.